The summed E-state index contributed by atoms with van der Waals surface area (Å²) in [5.41, 5.74) is 1.41. The van der Waals surface area contributed by atoms with Gasteiger partial charge >= 0.3 is 0 Å². The van der Waals surface area contributed by atoms with E-state index < -0.39 is 0 Å². The fraction of sp³-hybridized carbons (Fsp3) is 0.500. The molecule has 0 aliphatic heterocycles. The number of halogens is 1. The normalized spacial score (nSPS) is 19.2. The summed E-state index contributed by atoms with van der Waals surface area (Å²) >= 11 is 8.70. The Morgan fingerprint density at radius 3 is 2.67 bits per heavy atom. The van der Waals surface area contributed by atoms with Crippen molar-refractivity contribution in [2.45, 2.75) is 44.4 Å². The number of hydrogen-bond acceptors (Lipinski definition) is 1. The van der Waals surface area contributed by atoms with Gasteiger partial charge in [-0.05, 0) is 42.7 Å². The molecule has 1 aliphatic rings. The summed E-state index contributed by atoms with van der Waals surface area (Å²) in [7, 11) is 0. The summed E-state index contributed by atoms with van der Waals surface area (Å²) in [6.07, 6.45) is 6.71. The highest BCUT2D eigenvalue weighted by Gasteiger charge is 2.26. The lowest BCUT2D eigenvalue weighted by Gasteiger charge is -2.26. The van der Waals surface area contributed by atoms with Crippen LogP contribution < -0.4 is 0 Å². The van der Waals surface area contributed by atoms with Crippen molar-refractivity contribution in [1.29, 1.82) is 0 Å². The smallest absolute Gasteiger partial charge is 0.0630 e. The molecular formula is C16H19ClS. The minimum absolute atomic E-state index is 0.210. The van der Waals surface area contributed by atoms with Crippen molar-refractivity contribution in [2.24, 2.45) is 5.92 Å². The highest BCUT2D eigenvalue weighted by atomic mass is 35.5. The van der Waals surface area contributed by atoms with E-state index in [0.717, 1.165) is 0 Å². The van der Waals surface area contributed by atoms with Gasteiger partial charge in [0.2, 0.25) is 0 Å². The topological polar surface area (TPSA) is 0 Å². The maximum Gasteiger partial charge on any atom is 0.0630 e. The van der Waals surface area contributed by atoms with Crippen LogP contribution in [0.5, 0.6) is 0 Å². The van der Waals surface area contributed by atoms with Gasteiger partial charge in [-0.25, -0.2) is 0 Å². The average molecular weight is 279 g/mol. The first-order valence-electron chi connectivity index (χ1n) is 6.89. The number of fused-ring (bicyclic) bond motifs is 1. The van der Waals surface area contributed by atoms with Gasteiger partial charge < -0.3 is 0 Å². The third-order valence-corrected chi connectivity index (χ3v) is 5.84. The molecule has 18 heavy (non-hydrogen) atoms. The molecule has 1 atom stereocenters. The molecule has 1 aliphatic carbocycles. The molecule has 3 rings (SSSR count). The lowest BCUT2D eigenvalue weighted by atomic mass is 9.84. The Morgan fingerprint density at radius 2 is 1.89 bits per heavy atom. The zero-order valence-corrected chi connectivity index (χ0v) is 12.4. The molecule has 2 heteroatoms. The molecule has 1 saturated carbocycles. The summed E-state index contributed by atoms with van der Waals surface area (Å²) in [6.45, 7) is 2.22. The Bertz CT molecular complexity index is 537. The molecule has 1 unspecified atom stereocenters. The maximum atomic E-state index is 6.82. The second-order valence-corrected chi connectivity index (χ2v) is 7.09. The minimum Gasteiger partial charge on any atom is -0.140 e. The fourth-order valence-electron chi connectivity index (χ4n) is 3.19. The molecule has 0 nitrogen and oxygen atoms in total. The first-order chi connectivity index (χ1) is 8.77. The van der Waals surface area contributed by atoms with E-state index in [1.807, 2.05) is 11.3 Å². The zero-order chi connectivity index (χ0) is 12.5. The molecule has 96 valence electrons. The van der Waals surface area contributed by atoms with Crippen LogP contribution in [0.1, 0.15) is 47.9 Å². The molecule has 0 amide bonds. The summed E-state index contributed by atoms with van der Waals surface area (Å²) in [4.78, 5) is 1.40. The van der Waals surface area contributed by atoms with Gasteiger partial charge in [-0.2, -0.15) is 0 Å². The van der Waals surface area contributed by atoms with Crippen LogP contribution in [0, 0.1) is 12.8 Å². The molecule has 0 radical (unpaired) electrons. The van der Waals surface area contributed by atoms with Gasteiger partial charge in [0.05, 0.1) is 5.38 Å². The Hall–Kier alpha value is -0.530. The van der Waals surface area contributed by atoms with Gasteiger partial charge in [0, 0.05) is 9.58 Å². The van der Waals surface area contributed by atoms with Crippen LogP contribution in [0.3, 0.4) is 0 Å². The largest absolute Gasteiger partial charge is 0.140 e. The van der Waals surface area contributed by atoms with E-state index in [1.165, 1.54) is 52.6 Å². The van der Waals surface area contributed by atoms with Gasteiger partial charge in [-0.3, -0.25) is 0 Å². The molecule has 1 fully saturated rings. The zero-order valence-electron chi connectivity index (χ0n) is 10.8. The number of aryl methyl sites for hydroxylation is 1. The number of hydrogen-bond donors (Lipinski definition) is 0. The fourth-order valence-corrected chi connectivity index (χ4v) is 4.90. The molecule has 2 aromatic rings. The van der Waals surface area contributed by atoms with E-state index in [2.05, 4.69) is 31.2 Å². The SMILES string of the molecule is Cc1sc2ccccc2c1C(Cl)C1CCCCC1. The Morgan fingerprint density at radius 1 is 1.17 bits per heavy atom. The van der Waals surface area contributed by atoms with Crippen molar-refractivity contribution in [3.63, 3.8) is 0 Å². The molecule has 0 spiro atoms. The van der Waals surface area contributed by atoms with Crippen LogP contribution in [0.25, 0.3) is 10.1 Å². The van der Waals surface area contributed by atoms with E-state index in [9.17, 15) is 0 Å². The quantitative estimate of drug-likeness (QED) is 0.585. The molecule has 1 aromatic carbocycles. The van der Waals surface area contributed by atoms with Crippen LogP contribution in [-0.4, -0.2) is 0 Å². The van der Waals surface area contributed by atoms with Gasteiger partial charge in [-0.15, -0.1) is 22.9 Å². The van der Waals surface area contributed by atoms with Crippen molar-refractivity contribution < 1.29 is 0 Å². The number of thiophene rings is 1. The van der Waals surface area contributed by atoms with Crippen molar-refractivity contribution in [2.75, 3.05) is 0 Å². The van der Waals surface area contributed by atoms with Gasteiger partial charge in [0.25, 0.3) is 0 Å². The lowest BCUT2D eigenvalue weighted by molar-refractivity contribution is 0.349. The van der Waals surface area contributed by atoms with E-state index in [0.29, 0.717) is 5.92 Å². The molecular weight excluding hydrogens is 260 g/mol. The van der Waals surface area contributed by atoms with E-state index in [4.69, 9.17) is 11.6 Å². The van der Waals surface area contributed by atoms with E-state index >= 15 is 0 Å². The molecule has 0 N–H and O–H groups in total. The van der Waals surface area contributed by atoms with Crippen LogP contribution in [0.15, 0.2) is 24.3 Å². The second kappa shape index (κ2) is 5.22. The van der Waals surface area contributed by atoms with Gasteiger partial charge in [-0.1, -0.05) is 37.5 Å². The Labute approximate surface area is 118 Å². The maximum absolute atomic E-state index is 6.82. The van der Waals surface area contributed by atoms with Crippen molar-refractivity contribution in [3.05, 3.63) is 34.7 Å². The summed E-state index contributed by atoms with van der Waals surface area (Å²) in [5.74, 6) is 0.678. The van der Waals surface area contributed by atoms with Crippen LogP contribution >= 0.6 is 22.9 Å². The highest BCUT2D eigenvalue weighted by Crippen LogP contribution is 2.45. The summed E-state index contributed by atoms with van der Waals surface area (Å²) < 4.78 is 1.38. The monoisotopic (exact) mass is 278 g/mol. The molecule has 1 aromatic heterocycles. The third kappa shape index (κ3) is 2.19. The summed E-state index contributed by atoms with van der Waals surface area (Å²) in [6, 6.07) is 8.68. The first kappa shape index (κ1) is 12.5. The van der Waals surface area contributed by atoms with Crippen molar-refractivity contribution in [1.82, 2.24) is 0 Å². The number of alkyl halides is 1. The van der Waals surface area contributed by atoms with Crippen molar-refractivity contribution in [3.8, 4) is 0 Å². The predicted octanol–water partition coefficient (Wildman–Crippen LogP) is 6.07. The molecule has 1 heterocycles. The van der Waals surface area contributed by atoms with E-state index in [-0.39, 0.29) is 5.38 Å². The highest BCUT2D eigenvalue weighted by molar-refractivity contribution is 7.19. The standard InChI is InChI=1S/C16H19ClS/c1-11-15(13-9-5-6-10-14(13)18-11)16(17)12-7-3-2-4-8-12/h5-6,9-10,12,16H,2-4,7-8H2,1H3. The van der Waals surface area contributed by atoms with Gasteiger partial charge in [0.1, 0.15) is 0 Å². The third-order valence-electron chi connectivity index (χ3n) is 4.16. The molecule has 0 bridgehead atoms. The minimum atomic E-state index is 0.210. The average Bonchev–Trinajstić information content (AvgIpc) is 2.75. The number of rotatable bonds is 2. The number of benzene rings is 1. The van der Waals surface area contributed by atoms with Crippen LogP contribution in [0.4, 0.5) is 0 Å². The van der Waals surface area contributed by atoms with Crippen molar-refractivity contribution >= 4 is 33.0 Å². The second-order valence-electron chi connectivity index (χ2n) is 5.37. The Kier molecular flexibility index (Phi) is 3.63. The Balaban J connectivity index is 1.99. The van der Waals surface area contributed by atoms with E-state index in [1.54, 1.807) is 0 Å². The van der Waals surface area contributed by atoms with Crippen LogP contribution in [0.2, 0.25) is 0 Å². The lowest BCUT2D eigenvalue weighted by Crippen LogP contribution is -2.12. The predicted molar refractivity (Wildman–Crippen MR) is 81.7 cm³/mol. The molecule has 0 saturated heterocycles. The van der Waals surface area contributed by atoms with Gasteiger partial charge in [0.15, 0.2) is 0 Å². The first-order valence-corrected chi connectivity index (χ1v) is 8.15. The summed E-state index contributed by atoms with van der Waals surface area (Å²) in [5, 5.41) is 1.59. The van der Waals surface area contributed by atoms with Crippen LogP contribution in [-0.2, 0) is 0 Å².